The van der Waals surface area contributed by atoms with E-state index in [1.807, 2.05) is 31.2 Å². The molecule has 0 radical (unpaired) electrons. The lowest BCUT2D eigenvalue weighted by Crippen LogP contribution is -2.55. The third-order valence-electron chi connectivity index (χ3n) is 5.38. The number of hydrogen-bond acceptors (Lipinski definition) is 3. The molecule has 0 aliphatic carbocycles. The number of piperidine rings is 1. The van der Waals surface area contributed by atoms with E-state index < -0.39 is 0 Å². The Morgan fingerprint density at radius 2 is 1.59 bits per heavy atom. The minimum absolute atomic E-state index is 0.0113. The van der Waals surface area contributed by atoms with Crippen molar-refractivity contribution in [3.63, 3.8) is 0 Å². The summed E-state index contributed by atoms with van der Waals surface area (Å²) in [6, 6.07) is 7.86. The Bertz CT molecular complexity index is 708. The molecule has 3 rings (SSSR count). The van der Waals surface area contributed by atoms with E-state index in [4.69, 9.17) is 0 Å². The number of hydrogen-bond donors (Lipinski definition) is 0. The van der Waals surface area contributed by atoms with Crippen molar-refractivity contribution in [3.8, 4) is 0 Å². The van der Waals surface area contributed by atoms with Crippen LogP contribution in [-0.2, 0) is 9.59 Å². The molecular weight excluding hydrogens is 344 g/mol. The Labute approximate surface area is 160 Å². The third kappa shape index (κ3) is 4.23. The molecule has 146 valence electrons. The lowest BCUT2D eigenvalue weighted by atomic mass is 9.95. The van der Waals surface area contributed by atoms with Crippen molar-refractivity contribution in [2.24, 2.45) is 5.92 Å². The highest BCUT2D eigenvalue weighted by Crippen LogP contribution is 2.23. The smallest absolute Gasteiger partial charge is 0.319 e. The molecule has 0 unspecified atom stereocenters. The van der Waals surface area contributed by atoms with Gasteiger partial charge >= 0.3 is 6.03 Å². The predicted octanol–water partition coefficient (Wildman–Crippen LogP) is 1.56. The zero-order chi connectivity index (χ0) is 19.6. The first-order valence-corrected chi connectivity index (χ1v) is 9.49. The standard InChI is InChI=1S/C20H28N4O3/c1-15-4-6-17(7-5-15)24-13-12-23(14-18(24)25)19(26)16-8-10-22(11-9-16)20(27)21(2)3/h4-7,16H,8-14H2,1-3H3. The topological polar surface area (TPSA) is 64.2 Å². The third-order valence-corrected chi connectivity index (χ3v) is 5.38. The summed E-state index contributed by atoms with van der Waals surface area (Å²) in [6.07, 6.45) is 1.32. The van der Waals surface area contributed by atoms with Gasteiger partial charge < -0.3 is 19.6 Å². The molecule has 0 N–H and O–H groups in total. The number of nitrogens with zero attached hydrogens (tertiary/aromatic N) is 4. The second-order valence-electron chi connectivity index (χ2n) is 7.58. The fraction of sp³-hybridized carbons (Fsp3) is 0.550. The summed E-state index contributed by atoms with van der Waals surface area (Å²) in [5.41, 5.74) is 2.03. The highest BCUT2D eigenvalue weighted by molar-refractivity contribution is 5.98. The van der Waals surface area contributed by atoms with Gasteiger partial charge in [0.1, 0.15) is 6.54 Å². The Morgan fingerprint density at radius 1 is 0.963 bits per heavy atom. The van der Waals surface area contributed by atoms with Crippen LogP contribution in [0.2, 0.25) is 0 Å². The van der Waals surface area contributed by atoms with E-state index in [9.17, 15) is 14.4 Å². The van der Waals surface area contributed by atoms with Gasteiger partial charge in [0.2, 0.25) is 11.8 Å². The van der Waals surface area contributed by atoms with Gasteiger partial charge in [0.25, 0.3) is 0 Å². The minimum atomic E-state index is -0.102. The molecule has 27 heavy (non-hydrogen) atoms. The predicted molar refractivity (Wildman–Crippen MR) is 103 cm³/mol. The van der Waals surface area contributed by atoms with Gasteiger partial charge in [-0.1, -0.05) is 17.7 Å². The van der Waals surface area contributed by atoms with Gasteiger partial charge in [-0.25, -0.2) is 4.79 Å². The number of urea groups is 1. The molecule has 0 atom stereocenters. The number of amides is 4. The first-order chi connectivity index (χ1) is 12.9. The number of rotatable bonds is 2. The van der Waals surface area contributed by atoms with Crippen LogP contribution in [0.4, 0.5) is 10.5 Å². The van der Waals surface area contributed by atoms with Gasteiger partial charge in [0.05, 0.1) is 0 Å². The molecule has 2 aliphatic heterocycles. The van der Waals surface area contributed by atoms with Crippen LogP contribution >= 0.6 is 0 Å². The Balaban J connectivity index is 1.55. The van der Waals surface area contributed by atoms with E-state index >= 15 is 0 Å². The van der Waals surface area contributed by atoms with E-state index in [2.05, 4.69) is 0 Å². The Kier molecular flexibility index (Phi) is 5.68. The van der Waals surface area contributed by atoms with Crippen molar-refractivity contribution in [2.45, 2.75) is 19.8 Å². The van der Waals surface area contributed by atoms with Crippen LogP contribution in [0.1, 0.15) is 18.4 Å². The average molecular weight is 372 g/mol. The van der Waals surface area contributed by atoms with E-state index in [-0.39, 0.29) is 30.3 Å². The molecule has 7 heteroatoms. The van der Waals surface area contributed by atoms with Crippen molar-refractivity contribution in [3.05, 3.63) is 29.8 Å². The molecule has 7 nitrogen and oxygen atoms in total. The molecule has 2 aliphatic rings. The maximum atomic E-state index is 12.8. The molecule has 2 fully saturated rings. The average Bonchev–Trinajstić information content (AvgIpc) is 2.67. The first kappa shape index (κ1) is 19.2. The summed E-state index contributed by atoms with van der Waals surface area (Å²) < 4.78 is 0. The van der Waals surface area contributed by atoms with Crippen LogP contribution in [0.25, 0.3) is 0 Å². The minimum Gasteiger partial charge on any atom is -0.331 e. The molecule has 0 saturated carbocycles. The molecule has 2 saturated heterocycles. The fourth-order valence-electron chi connectivity index (χ4n) is 3.72. The zero-order valence-corrected chi connectivity index (χ0v) is 16.4. The quantitative estimate of drug-likeness (QED) is 0.791. The monoisotopic (exact) mass is 372 g/mol. The Morgan fingerprint density at radius 3 is 2.15 bits per heavy atom. The van der Waals surface area contributed by atoms with Crippen LogP contribution in [0.5, 0.6) is 0 Å². The number of carbonyl (C=O) groups excluding carboxylic acids is 3. The molecule has 4 amide bonds. The van der Waals surface area contributed by atoms with Gasteiger partial charge in [-0.3, -0.25) is 9.59 Å². The van der Waals surface area contributed by atoms with Crippen LogP contribution < -0.4 is 4.90 Å². The second kappa shape index (κ2) is 7.98. The highest BCUT2D eigenvalue weighted by Gasteiger charge is 2.34. The van der Waals surface area contributed by atoms with Crippen LogP contribution in [0, 0.1) is 12.8 Å². The van der Waals surface area contributed by atoms with Crippen molar-refractivity contribution in [1.29, 1.82) is 0 Å². The molecule has 1 aromatic rings. The zero-order valence-electron chi connectivity index (χ0n) is 16.4. The number of anilines is 1. The first-order valence-electron chi connectivity index (χ1n) is 9.49. The molecule has 0 spiro atoms. The van der Waals surface area contributed by atoms with E-state index in [1.54, 1.807) is 33.7 Å². The van der Waals surface area contributed by atoms with Gasteiger partial charge in [-0.05, 0) is 31.9 Å². The van der Waals surface area contributed by atoms with E-state index in [0.29, 0.717) is 39.0 Å². The van der Waals surface area contributed by atoms with Gasteiger partial charge in [0, 0.05) is 51.9 Å². The van der Waals surface area contributed by atoms with Crippen molar-refractivity contribution >= 4 is 23.5 Å². The van der Waals surface area contributed by atoms with Crippen LogP contribution in [0.15, 0.2) is 24.3 Å². The summed E-state index contributed by atoms with van der Waals surface area (Å²) >= 11 is 0. The van der Waals surface area contributed by atoms with E-state index in [1.165, 1.54) is 0 Å². The van der Waals surface area contributed by atoms with Crippen molar-refractivity contribution < 1.29 is 14.4 Å². The summed E-state index contributed by atoms with van der Waals surface area (Å²) in [4.78, 5) is 44.2. The fourth-order valence-corrected chi connectivity index (χ4v) is 3.72. The molecular formula is C20H28N4O3. The molecule has 1 aromatic carbocycles. The van der Waals surface area contributed by atoms with Gasteiger partial charge in [-0.2, -0.15) is 0 Å². The summed E-state index contributed by atoms with van der Waals surface area (Å²) in [7, 11) is 3.47. The normalized spacial score (nSPS) is 18.6. The second-order valence-corrected chi connectivity index (χ2v) is 7.58. The number of piperazine rings is 1. The van der Waals surface area contributed by atoms with Gasteiger partial charge in [-0.15, -0.1) is 0 Å². The summed E-state index contributed by atoms with van der Waals surface area (Å²) in [5.74, 6) is -0.0996. The van der Waals surface area contributed by atoms with Crippen LogP contribution in [0.3, 0.4) is 0 Å². The van der Waals surface area contributed by atoms with Crippen molar-refractivity contribution in [1.82, 2.24) is 14.7 Å². The SMILES string of the molecule is Cc1ccc(N2CCN(C(=O)C3CCN(C(=O)N(C)C)CC3)CC2=O)cc1. The molecule has 2 heterocycles. The maximum absolute atomic E-state index is 12.8. The lowest BCUT2D eigenvalue weighted by molar-refractivity contribution is -0.141. The number of benzene rings is 1. The number of likely N-dealkylation sites (tertiary alicyclic amines) is 1. The summed E-state index contributed by atoms with van der Waals surface area (Å²) in [5, 5.41) is 0. The Hall–Kier alpha value is -2.57. The van der Waals surface area contributed by atoms with Crippen LogP contribution in [-0.4, -0.2) is 79.4 Å². The lowest BCUT2D eigenvalue weighted by Gasteiger charge is -2.38. The van der Waals surface area contributed by atoms with Gasteiger partial charge in [0.15, 0.2) is 0 Å². The van der Waals surface area contributed by atoms with E-state index in [0.717, 1.165) is 11.3 Å². The highest BCUT2D eigenvalue weighted by atomic mass is 16.2. The molecule has 0 aromatic heterocycles. The summed E-state index contributed by atoms with van der Waals surface area (Å²) in [6.45, 7) is 4.39. The van der Waals surface area contributed by atoms with Crippen molar-refractivity contribution in [2.75, 3.05) is 51.7 Å². The number of aryl methyl sites for hydroxylation is 1. The molecule has 0 bridgehead atoms. The largest absolute Gasteiger partial charge is 0.331 e. The maximum Gasteiger partial charge on any atom is 0.319 e. The number of carbonyl (C=O) groups is 3.